The molecule has 0 spiro atoms. The predicted molar refractivity (Wildman–Crippen MR) is 91.8 cm³/mol. The SMILES string of the molecule is CCCCN1C(=O)c2ccccc2C1Nc1ccccc1[N+](=O)[O-]. The van der Waals surface area contributed by atoms with Gasteiger partial charge in [-0.3, -0.25) is 14.9 Å². The van der Waals surface area contributed by atoms with Gasteiger partial charge >= 0.3 is 0 Å². The first-order chi connectivity index (χ1) is 11.6. The molecule has 0 saturated heterocycles. The van der Waals surface area contributed by atoms with Gasteiger partial charge < -0.3 is 10.2 Å². The Hall–Kier alpha value is -2.89. The summed E-state index contributed by atoms with van der Waals surface area (Å²) in [7, 11) is 0. The highest BCUT2D eigenvalue weighted by molar-refractivity contribution is 5.99. The van der Waals surface area contributed by atoms with Crippen molar-refractivity contribution in [3.8, 4) is 0 Å². The minimum atomic E-state index is -0.415. The number of nitrogens with one attached hydrogen (secondary N) is 1. The summed E-state index contributed by atoms with van der Waals surface area (Å²) in [6.45, 7) is 2.68. The van der Waals surface area contributed by atoms with Crippen LogP contribution >= 0.6 is 0 Å². The monoisotopic (exact) mass is 325 g/mol. The maximum atomic E-state index is 12.7. The lowest BCUT2D eigenvalue weighted by Crippen LogP contribution is -2.33. The van der Waals surface area contributed by atoms with E-state index in [1.165, 1.54) is 6.07 Å². The van der Waals surface area contributed by atoms with Crippen molar-refractivity contribution in [2.45, 2.75) is 25.9 Å². The molecule has 3 rings (SSSR count). The van der Waals surface area contributed by atoms with Crippen LogP contribution in [0.5, 0.6) is 0 Å². The minimum absolute atomic E-state index is 0.00442. The Morgan fingerprint density at radius 2 is 1.88 bits per heavy atom. The molecule has 0 aliphatic carbocycles. The molecule has 1 aliphatic rings. The van der Waals surface area contributed by atoms with E-state index in [4.69, 9.17) is 0 Å². The standard InChI is InChI=1S/C18H19N3O3/c1-2-3-12-20-17(13-8-4-5-9-14(13)18(20)22)19-15-10-6-7-11-16(15)21(23)24/h4-11,17,19H,2-3,12H2,1H3. The highest BCUT2D eigenvalue weighted by Crippen LogP contribution is 2.36. The van der Waals surface area contributed by atoms with Gasteiger partial charge in [0.2, 0.25) is 0 Å². The molecule has 24 heavy (non-hydrogen) atoms. The first-order valence-electron chi connectivity index (χ1n) is 8.03. The van der Waals surface area contributed by atoms with E-state index in [1.807, 2.05) is 18.2 Å². The summed E-state index contributed by atoms with van der Waals surface area (Å²) in [4.78, 5) is 25.3. The Bertz CT molecular complexity index is 776. The predicted octanol–water partition coefficient (Wildman–Crippen LogP) is 3.96. The van der Waals surface area contributed by atoms with Crippen LogP contribution in [0.1, 0.15) is 41.9 Å². The number of nitro benzene ring substituents is 1. The molecule has 1 atom stereocenters. The Balaban J connectivity index is 1.97. The number of nitrogens with zero attached hydrogens (tertiary/aromatic N) is 2. The second kappa shape index (κ2) is 6.70. The number of benzene rings is 2. The van der Waals surface area contributed by atoms with Crippen molar-refractivity contribution in [3.63, 3.8) is 0 Å². The quantitative estimate of drug-likeness (QED) is 0.644. The summed E-state index contributed by atoms with van der Waals surface area (Å²) in [5.41, 5.74) is 1.93. The zero-order valence-electron chi connectivity index (χ0n) is 13.4. The van der Waals surface area contributed by atoms with Crippen molar-refractivity contribution in [2.75, 3.05) is 11.9 Å². The third-order valence-corrected chi connectivity index (χ3v) is 4.20. The lowest BCUT2D eigenvalue weighted by Gasteiger charge is -2.26. The van der Waals surface area contributed by atoms with Crippen molar-refractivity contribution in [3.05, 3.63) is 69.8 Å². The highest BCUT2D eigenvalue weighted by atomic mass is 16.6. The van der Waals surface area contributed by atoms with Crippen molar-refractivity contribution in [1.29, 1.82) is 0 Å². The number of amides is 1. The Morgan fingerprint density at radius 1 is 1.17 bits per heavy atom. The topological polar surface area (TPSA) is 75.5 Å². The number of hydrogen-bond donors (Lipinski definition) is 1. The van der Waals surface area contributed by atoms with E-state index in [1.54, 1.807) is 29.2 Å². The van der Waals surface area contributed by atoms with E-state index >= 15 is 0 Å². The van der Waals surface area contributed by atoms with E-state index in [2.05, 4.69) is 12.2 Å². The molecule has 0 radical (unpaired) electrons. The first kappa shape index (κ1) is 16.0. The zero-order chi connectivity index (χ0) is 17.1. The number of para-hydroxylation sites is 2. The van der Waals surface area contributed by atoms with Crippen LogP contribution in [0.3, 0.4) is 0 Å². The summed E-state index contributed by atoms with van der Waals surface area (Å²) < 4.78 is 0. The number of carbonyl (C=O) groups is 1. The van der Waals surface area contributed by atoms with Crippen LogP contribution in [0.2, 0.25) is 0 Å². The van der Waals surface area contributed by atoms with Gasteiger partial charge in [-0.15, -0.1) is 0 Å². The van der Waals surface area contributed by atoms with Crippen LogP contribution < -0.4 is 5.32 Å². The second-order valence-corrected chi connectivity index (χ2v) is 5.76. The van der Waals surface area contributed by atoms with Gasteiger partial charge in [0.1, 0.15) is 11.9 Å². The average Bonchev–Trinajstić information content (AvgIpc) is 2.86. The normalized spacial score (nSPS) is 16.1. The average molecular weight is 325 g/mol. The minimum Gasteiger partial charge on any atom is -0.356 e. The van der Waals surface area contributed by atoms with Crippen LogP contribution in [0.4, 0.5) is 11.4 Å². The summed E-state index contributed by atoms with van der Waals surface area (Å²) in [6.07, 6.45) is 1.47. The lowest BCUT2D eigenvalue weighted by molar-refractivity contribution is -0.384. The van der Waals surface area contributed by atoms with Crippen LogP contribution in [0.25, 0.3) is 0 Å². The zero-order valence-corrected chi connectivity index (χ0v) is 13.4. The smallest absolute Gasteiger partial charge is 0.292 e. The fourth-order valence-corrected chi connectivity index (χ4v) is 2.99. The molecule has 6 nitrogen and oxygen atoms in total. The van der Waals surface area contributed by atoms with Gasteiger partial charge in [0.15, 0.2) is 0 Å². The Labute approximate surface area is 140 Å². The van der Waals surface area contributed by atoms with Crippen LogP contribution in [-0.2, 0) is 0 Å². The Kier molecular flexibility index (Phi) is 4.46. The lowest BCUT2D eigenvalue weighted by atomic mass is 10.1. The number of unbranched alkanes of at least 4 members (excludes halogenated alkanes) is 1. The number of nitro groups is 1. The van der Waals surface area contributed by atoms with E-state index in [0.29, 0.717) is 17.8 Å². The second-order valence-electron chi connectivity index (χ2n) is 5.76. The van der Waals surface area contributed by atoms with Crippen LogP contribution in [0, 0.1) is 10.1 Å². The van der Waals surface area contributed by atoms with Gasteiger partial charge in [-0.05, 0) is 18.6 Å². The van der Waals surface area contributed by atoms with E-state index in [-0.39, 0.29) is 17.8 Å². The molecule has 0 fully saturated rings. The van der Waals surface area contributed by atoms with Crippen molar-refractivity contribution >= 4 is 17.3 Å². The number of anilines is 1. The fourth-order valence-electron chi connectivity index (χ4n) is 2.99. The third kappa shape index (κ3) is 2.82. The van der Waals surface area contributed by atoms with E-state index in [0.717, 1.165) is 18.4 Å². The van der Waals surface area contributed by atoms with Gasteiger partial charge in [0, 0.05) is 23.7 Å². The van der Waals surface area contributed by atoms with Crippen molar-refractivity contribution in [1.82, 2.24) is 4.90 Å². The molecule has 1 unspecified atom stereocenters. The highest BCUT2D eigenvalue weighted by Gasteiger charge is 2.36. The maximum absolute atomic E-state index is 12.7. The molecule has 1 heterocycles. The molecule has 2 aromatic carbocycles. The van der Waals surface area contributed by atoms with Crippen LogP contribution in [0.15, 0.2) is 48.5 Å². The summed E-state index contributed by atoms with van der Waals surface area (Å²) in [6, 6.07) is 13.9. The van der Waals surface area contributed by atoms with Gasteiger partial charge in [-0.1, -0.05) is 43.7 Å². The Morgan fingerprint density at radius 3 is 2.62 bits per heavy atom. The molecule has 6 heteroatoms. The molecule has 124 valence electrons. The largest absolute Gasteiger partial charge is 0.356 e. The number of rotatable bonds is 6. The van der Waals surface area contributed by atoms with Crippen molar-refractivity contribution < 1.29 is 9.72 Å². The molecule has 1 N–H and O–H groups in total. The number of carbonyl (C=O) groups excluding carboxylic acids is 1. The first-order valence-corrected chi connectivity index (χ1v) is 8.03. The third-order valence-electron chi connectivity index (χ3n) is 4.20. The maximum Gasteiger partial charge on any atom is 0.292 e. The number of fused-ring (bicyclic) bond motifs is 1. The molecule has 0 bridgehead atoms. The van der Waals surface area contributed by atoms with Gasteiger partial charge in [-0.2, -0.15) is 0 Å². The molecule has 0 saturated carbocycles. The molecule has 2 aromatic rings. The molecular formula is C18H19N3O3. The van der Waals surface area contributed by atoms with Crippen molar-refractivity contribution in [2.24, 2.45) is 0 Å². The van der Waals surface area contributed by atoms with E-state index in [9.17, 15) is 14.9 Å². The summed E-state index contributed by atoms with van der Waals surface area (Å²) in [5, 5.41) is 14.4. The van der Waals surface area contributed by atoms with Gasteiger partial charge in [0.05, 0.1) is 4.92 Å². The molecule has 1 amide bonds. The molecule has 0 aromatic heterocycles. The van der Waals surface area contributed by atoms with Crippen LogP contribution in [-0.4, -0.2) is 22.3 Å². The molecule has 1 aliphatic heterocycles. The number of hydrogen-bond acceptors (Lipinski definition) is 4. The molecular weight excluding hydrogens is 306 g/mol. The fraction of sp³-hybridized carbons (Fsp3) is 0.278. The van der Waals surface area contributed by atoms with Gasteiger partial charge in [0.25, 0.3) is 11.6 Å². The summed E-state index contributed by atoms with van der Waals surface area (Å²) in [5.74, 6) is -0.0323. The summed E-state index contributed by atoms with van der Waals surface area (Å²) >= 11 is 0. The van der Waals surface area contributed by atoms with Gasteiger partial charge in [-0.25, -0.2) is 0 Å². The van der Waals surface area contributed by atoms with E-state index < -0.39 is 4.92 Å².